The van der Waals surface area contributed by atoms with Crippen molar-refractivity contribution in [2.75, 3.05) is 12.3 Å². The van der Waals surface area contributed by atoms with Gasteiger partial charge in [-0.2, -0.15) is 13.2 Å². The maximum Gasteiger partial charge on any atom is 0.433 e. The van der Waals surface area contributed by atoms with Crippen LogP contribution in [0, 0.1) is 5.82 Å². The first-order valence-electron chi connectivity index (χ1n) is 6.89. The van der Waals surface area contributed by atoms with Gasteiger partial charge in [0.05, 0.1) is 5.75 Å². The SMILES string of the molecule is O=C(CSc1nccc(C(F)(F)F)n1)NCCc1ccc(F)cc1. The van der Waals surface area contributed by atoms with E-state index in [4.69, 9.17) is 0 Å². The van der Waals surface area contributed by atoms with Crippen LogP contribution in [-0.2, 0) is 17.4 Å². The Hall–Kier alpha value is -2.16. The zero-order valence-electron chi connectivity index (χ0n) is 12.3. The summed E-state index contributed by atoms with van der Waals surface area (Å²) in [6.07, 6.45) is -3.02. The second kappa shape index (κ2) is 8.09. The van der Waals surface area contributed by atoms with Gasteiger partial charge in [-0.3, -0.25) is 4.79 Å². The van der Waals surface area contributed by atoms with Crippen molar-refractivity contribution in [2.24, 2.45) is 0 Å². The van der Waals surface area contributed by atoms with E-state index < -0.39 is 11.9 Å². The van der Waals surface area contributed by atoms with E-state index in [0.29, 0.717) is 13.0 Å². The summed E-state index contributed by atoms with van der Waals surface area (Å²) in [4.78, 5) is 18.7. The quantitative estimate of drug-likeness (QED) is 0.489. The van der Waals surface area contributed by atoms with Crippen LogP contribution in [0.3, 0.4) is 0 Å². The second-order valence-electron chi connectivity index (χ2n) is 4.74. The predicted octanol–water partition coefficient (Wildman–Crippen LogP) is 3.09. The Morgan fingerprint density at radius 2 is 1.88 bits per heavy atom. The van der Waals surface area contributed by atoms with E-state index in [-0.39, 0.29) is 22.6 Å². The molecule has 1 aromatic carbocycles. The number of carbonyl (C=O) groups is 1. The van der Waals surface area contributed by atoms with Gasteiger partial charge in [0, 0.05) is 12.7 Å². The van der Waals surface area contributed by atoms with Gasteiger partial charge in [0.1, 0.15) is 11.5 Å². The summed E-state index contributed by atoms with van der Waals surface area (Å²) >= 11 is 0.823. The number of nitrogens with one attached hydrogen (secondary N) is 1. The van der Waals surface area contributed by atoms with Crippen LogP contribution in [0.25, 0.3) is 0 Å². The second-order valence-corrected chi connectivity index (χ2v) is 5.68. The first-order chi connectivity index (χ1) is 11.3. The van der Waals surface area contributed by atoms with Gasteiger partial charge in [-0.15, -0.1) is 0 Å². The first kappa shape index (κ1) is 18.2. The molecule has 0 aliphatic rings. The highest BCUT2D eigenvalue weighted by atomic mass is 32.2. The lowest BCUT2D eigenvalue weighted by molar-refractivity contribution is -0.141. The lowest BCUT2D eigenvalue weighted by Gasteiger charge is -2.07. The highest BCUT2D eigenvalue weighted by Gasteiger charge is 2.32. The van der Waals surface area contributed by atoms with Crippen molar-refractivity contribution in [2.45, 2.75) is 17.8 Å². The van der Waals surface area contributed by atoms with Crippen LogP contribution in [0.4, 0.5) is 17.6 Å². The van der Waals surface area contributed by atoms with Crippen LogP contribution < -0.4 is 5.32 Å². The van der Waals surface area contributed by atoms with Crippen LogP contribution in [0.15, 0.2) is 41.7 Å². The number of rotatable bonds is 6. The van der Waals surface area contributed by atoms with Crippen molar-refractivity contribution in [3.8, 4) is 0 Å². The van der Waals surface area contributed by atoms with Gasteiger partial charge in [-0.05, 0) is 30.2 Å². The number of amides is 1. The summed E-state index contributed by atoms with van der Waals surface area (Å²) in [5.74, 6) is -0.770. The smallest absolute Gasteiger partial charge is 0.355 e. The third kappa shape index (κ3) is 5.80. The highest BCUT2D eigenvalue weighted by Crippen LogP contribution is 2.28. The number of carbonyl (C=O) groups excluding carboxylic acids is 1. The molecule has 0 saturated carbocycles. The number of hydrogen-bond acceptors (Lipinski definition) is 4. The Morgan fingerprint density at radius 3 is 2.54 bits per heavy atom. The summed E-state index contributed by atoms with van der Waals surface area (Å²) in [5, 5.41) is 2.52. The van der Waals surface area contributed by atoms with Crippen LogP contribution in [0.2, 0.25) is 0 Å². The molecule has 1 N–H and O–H groups in total. The minimum Gasteiger partial charge on any atom is -0.355 e. The molecule has 0 fully saturated rings. The van der Waals surface area contributed by atoms with E-state index in [9.17, 15) is 22.4 Å². The van der Waals surface area contributed by atoms with Gasteiger partial charge in [0.15, 0.2) is 5.16 Å². The molecule has 4 nitrogen and oxygen atoms in total. The fourth-order valence-electron chi connectivity index (χ4n) is 1.75. The normalized spacial score (nSPS) is 11.3. The summed E-state index contributed by atoms with van der Waals surface area (Å²) in [5.41, 5.74) is -0.178. The number of nitrogens with zero attached hydrogens (tertiary/aromatic N) is 2. The van der Waals surface area contributed by atoms with Gasteiger partial charge >= 0.3 is 6.18 Å². The predicted molar refractivity (Wildman–Crippen MR) is 80.9 cm³/mol. The Labute approximate surface area is 139 Å². The maximum absolute atomic E-state index is 12.7. The third-order valence-corrected chi connectivity index (χ3v) is 3.77. The van der Waals surface area contributed by atoms with Gasteiger partial charge in [-0.1, -0.05) is 23.9 Å². The minimum absolute atomic E-state index is 0.0925. The number of alkyl halides is 3. The largest absolute Gasteiger partial charge is 0.433 e. The van der Waals surface area contributed by atoms with Crippen molar-refractivity contribution < 1.29 is 22.4 Å². The molecule has 1 heterocycles. The Morgan fingerprint density at radius 1 is 1.17 bits per heavy atom. The standard InChI is InChI=1S/C15H13F4N3OS/c16-11-3-1-10(2-4-11)5-7-20-13(23)9-24-14-21-8-6-12(22-14)15(17,18)19/h1-4,6,8H,5,7,9H2,(H,20,23). The molecule has 9 heteroatoms. The van der Waals surface area contributed by atoms with Crippen LogP contribution >= 0.6 is 11.8 Å². The zero-order valence-corrected chi connectivity index (χ0v) is 13.1. The fourth-order valence-corrected chi connectivity index (χ4v) is 2.41. The van der Waals surface area contributed by atoms with Crippen molar-refractivity contribution in [3.63, 3.8) is 0 Å². The Balaban J connectivity index is 1.76. The lowest BCUT2D eigenvalue weighted by Crippen LogP contribution is -2.27. The summed E-state index contributed by atoms with van der Waals surface area (Å²) in [7, 11) is 0. The zero-order chi connectivity index (χ0) is 17.6. The molecule has 2 rings (SSSR count). The monoisotopic (exact) mass is 359 g/mol. The van der Waals surface area contributed by atoms with E-state index in [1.54, 1.807) is 12.1 Å². The van der Waals surface area contributed by atoms with Gasteiger partial charge in [-0.25, -0.2) is 14.4 Å². The van der Waals surface area contributed by atoms with Crippen molar-refractivity contribution in [3.05, 3.63) is 53.6 Å². The summed E-state index contributed by atoms with van der Waals surface area (Å²) in [6.45, 7) is 0.342. The molecule has 0 aliphatic carbocycles. The fraction of sp³-hybridized carbons (Fsp3) is 0.267. The Bertz CT molecular complexity index is 692. The topological polar surface area (TPSA) is 54.9 Å². The van der Waals surface area contributed by atoms with E-state index in [0.717, 1.165) is 29.6 Å². The maximum atomic E-state index is 12.7. The van der Waals surface area contributed by atoms with E-state index >= 15 is 0 Å². The van der Waals surface area contributed by atoms with Crippen molar-refractivity contribution in [1.29, 1.82) is 0 Å². The molecular weight excluding hydrogens is 346 g/mol. The van der Waals surface area contributed by atoms with Crippen LogP contribution in [-0.4, -0.2) is 28.2 Å². The molecule has 0 spiro atoms. The molecule has 0 bridgehead atoms. The molecule has 0 atom stereocenters. The van der Waals surface area contributed by atoms with Gasteiger partial charge in [0.25, 0.3) is 0 Å². The van der Waals surface area contributed by atoms with E-state index in [1.165, 1.54) is 12.1 Å². The summed E-state index contributed by atoms with van der Waals surface area (Å²) in [6, 6.07) is 6.67. The van der Waals surface area contributed by atoms with Crippen LogP contribution in [0.1, 0.15) is 11.3 Å². The number of halogens is 4. The Kier molecular flexibility index (Phi) is 6.13. The number of aromatic nitrogens is 2. The van der Waals surface area contributed by atoms with E-state index in [1.807, 2.05) is 0 Å². The molecular formula is C15H13F4N3OS. The molecule has 24 heavy (non-hydrogen) atoms. The van der Waals surface area contributed by atoms with Crippen molar-refractivity contribution in [1.82, 2.24) is 15.3 Å². The average Bonchev–Trinajstić information content (AvgIpc) is 2.54. The average molecular weight is 359 g/mol. The first-order valence-corrected chi connectivity index (χ1v) is 7.87. The van der Waals surface area contributed by atoms with E-state index in [2.05, 4.69) is 15.3 Å². The molecule has 0 aliphatic heterocycles. The minimum atomic E-state index is -4.55. The molecule has 0 unspecified atom stereocenters. The molecule has 0 saturated heterocycles. The summed E-state index contributed by atoms with van der Waals surface area (Å²) < 4.78 is 50.3. The van der Waals surface area contributed by atoms with Gasteiger partial charge < -0.3 is 5.32 Å². The molecule has 2 aromatic rings. The molecule has 0 radical (unpaired) electrons. The van der Waals surface area contributed by atoms with Gasteiger partial charge in [0.2, 0.25) is 5.91 Å². The lowest BCUT2D eigenvalue weighted by atomic mass is 10.1. The van der Waals surface area contributed by atoms with Crippen LogP contribution in [0.5, 0.6) is 0 Å². The van der Waals surface area contributed by atoms with Crippen molar-refractivity contribution >= 4 is 17.7 Å². The number of benzene rings is 1. The molecule has 1 aromatic heterocycles. The molecule has 128 valence electrons. The molecule has 1 amide bonds. The number of hydrogen-bond donors (Lipinski definition) is 1. The third-order valence-electron chi connectivity index (χ3n) is 2.91. The number of thioether (sulfide) groups is 1. The highest BCUT2D eigenvalue weighted by molar-refractivity contribution is 7.99.